The highest BCUT2D eigenvalue weighted by Gasteiger charge is 2.21. The van der Waals surface area contributed by atoms with Gasteiger partial charge in [-0.25, -0.2) is 18.2 Å². The van der Waals surface area contributed by atoms with Crippen LogP contribution < -0.4 is 20.6 Å². The minimum absolute atomic E-state index is 0.0726. The molecular formula is C34H24Cl2F4N6O4. The van der Waals surface area contributed by atoms with Crippen molar-refractivity contribution < 1.29 is 27.0 Å². The molecule has 0 fully saturated rings. The summed E-state index contributed by atoms with van der Waals surface area (Å²) >= 11 is 11.7. The van der Waals surface area contributed by atoms with E-state index in [0.29, 0.717) is 22.3 Å². The van der Waals surface area contributed by atoms with Gasteiger partial charge in [-0.2, -0.15) is 19.3 Å². The van der Waals surface area contributed by atoms with Gasteiger partial charge in [-0.05, 0) is 60.8 Å². The van der Waals surface area contributed by atoms with E-state index in [1.807, 2.05) is 0 Å². The summed E-state index contributed by atoms with van der Waals surface area (Å²) < 4.78 is 70.2. The quantitative estimate of drug-likeness (QED) is 0.0973. The first-order chi connectivity index (χ1) is 23.7. The molecule has 0 aliphatic rings. The molecule has 0 spiro atoms. The lowest BCUT2D eigenvalue weighted by Gasteiger charge is -2.12. The van der Waals surface area contributed by atoms with Crippen LogP contribution in [0.4, 0.5) is 17.6 Å². The van der Waals surface area contributed by atoms with Crippen LogP contribution in [0.25, 0.3) is 22.5 Å². The molecule has 50 heavy (non-hydrogen) atoms. The largest absolute Gasteiger partial charge is 0.433 e. The topological polar surface area (TPSA) is 114 Å². The maximum Gasteiger partial charge on any atom is 0.324 e. The van der Waals surface area contributed by atoms with Crippen LogP contribution in [0.1, 0.15) is 11.1 Å². The van der Waals surface area contributed by atoms with Crippen LogP contribution in [-0.2, 0) is 14.1 Å². The Hall–Kier alpha value is -5.60. The second kappa shape index (κ2) is 14.9. The van der Waals surface area contributed by atoms with Crippen LogP contribution in [0.5, 0.6) is 23.4 Å². The number of halogens is 6. The summed E-state index contributed by atoms with van der Waals surface area (Å²) in [6, 6.07) is 13.8. The molecule has 10 nitrogen and oxygen atoms in total. The summed E-state index contributed by atoms with van der Waals surface area (Å²) in [4.78, 5) is 38.2. The van der Waals surface area contributed by atoms with Gasteiger partial charge in [0.2, 0.25) is 22.2 Å². The molecule has 4 heterocycles. The zero-order valence-electron chi connectivity index (χ0n) is 26.5. The van der Waals surface area contributed by atoms with E-state index >= 15 is 0 Å². The minimum atomic E-state index is -0.911. The maximum absolute atomic E-state index is 14.8. The van der Waals surface area contributed by atoms with Gasteiger partial charge in [0, 0.05) is 49.7 Å². The van der Waals surface area contributed by atoms with Crippen molar-refractivity contribution in [3.8, 4) is 45.9 Å². The highest BCUT2D eigenvalue weighted by molar-refractivity contribution is 6.29. The monoisotopic (exact) mass is 726 g/mol. The number of rotatable bonds is 6. The number of pyridine rings is 2. The van der Waals surface area contributed by atoms with Crippen LogP contribution >= 0.6 is 23.2 Å². The van der Waals surface area contributed by atoms with Gasteiger partial charge in [-0.1, -0.05) is 35.9 Å². The molecule has 0 aliphatic carbocycles. The fourth-order valence-corrected chi connectivity index (χ4v) is 4.77. The SMILES string of the molecule is Cc1cccc(F)c1Oc1nc(Cl)c(F)c(-c2ccc(=O)n(C)c2)n1.Cc1cccc(F)c1Oc1nc(Cl)nc(-c2ccc(=O)n(C)c2)c1F. The van der Waals surface area contributed by atoms with E-state index in [0.717, 1.165) is 0 Å². The molecule has 0 amide bonds. The van der Waals surface area contributed by atoms with E-state index < -0.39 is 34.3 Å². The van der Waals surface area contributed by atoms with Crippen molar-refractivity contribution in [1.29, 1.82) is 0 Å². The molecule has 0 unspecified atom stereocenters. The normalized spacial score (nSPS) is 10.8. The highest BCUT2D eigenvalue weighted by atomic mass is 35.5. The van der Waals surface area contributed by atoms with Gasteiger partial charge in [0.25, 0.3) is 5.88 Å². The fourth-order valence-electron chi connectivity index (χ4n) is 4.44. The predicted octanol–water partition coefficient (Wildman–Crippen LogP) is 7.75. The molecule has 4 aromatic heterocycles. The summed E-state index contributed by atoms with van der Waals surface area (Å²) in [6.07, 6.45) is 2.81. The van der Waals surface area contributed by atoms with Crippen molar-refractivity contribution in [1.82, 2.24) is 29.1 Å². The van der Waals surface area contributed by atoms with Crippen LogP contribution in [-0.4, -0.2) is 29.1 Å². The summed E-state index contributed by atoms with van der Waals surface area (Å²) in [5.74, 6) is -3.76. The maximum atomic E-state index is 14.8. The Morgan fingerprint density at radius 1 is 0.620 bits per heavy atom. The number of hydrogen-bond acceptors (Lipinski definition) is 8. The average Bonchev–Trinajstić information content (AvgIpc) is 3.07. The number of benzene rings is 2. The fraction of sp³-hybridized carbons (Fsp3) is 0.118. The van der Waals surface area contributed by atoms with E-state index in [2.05, 4.69) is 19.9 Å². The first-order valence-electron chi connectivity index (χ1n) is 14.4. The van der Waals surface area contributed by atoms with E-state index in [-0.39, 0.29) is 45.3 Å². The standard InChI is InChI=1S/2C17H12ClF2N3O2/c1-9-4-3-5-11(19)15(9)25-16-13(20)14(21-17(18)22-16)10-6-7-12(24)23(2)8-10;1-9-4-3-5-11(19)15(9)25-17-21-14(13(20)16(18)22-17)10-6-7-12(24)23(2)8-10/h2*3-8H,1-2H3. The van der Waals surface area contributed by atoms with Gasteiger partial charge in [-0.3, -0.25) is 9.59 Å². The van der Waals surface area contributed by atoms with Crippen molar-refractivity contribution in [3.05, 3.63) is 139 Å². The number of hydrogen-bond donors (Lipinski definition) is 0. The Morgan fingerprint density at radius 3 is 1.62 bits per heavy atom. The van der Waals surface area contributed by atoms with Crippen LogP contribution in [0, 0.1) is 37.1 Å². The molecule has 0 atom stereocenters. The molecule has 6 rings (SSSR count). The van der Waals surface area contributed by atoms with Gasteiger partial charge in [0.1, 0.15) is 11.4 Å². The number of nitrogens with zero attached hydrogens (tertiary/aromatic N) is 6. The Morgan fingerprint density at radius 2 is 1.12 bits per heavy atom. The number of ether oxygens (including phenoxy) is 2. The number of para-hydroxylation sites is 2. The molecular weight excluding hydrogens is 703 g/mol. The van der Waals surface area contributed by atoms with Crippen LogP contribution in [0.3, 0.4) is 0 Å². The molecule has 0 saturated carbocycles. The van der Waals surface area contributed by atoms with Crippen LogP contribution in [0.15, 0.2) is 82.6 Å². The van der Waals surface area contributed by atoms with Crippen molar-refractivity contribution in [3.63, 3.8) is 0 Å². The lowest BCUT2D eigenvalue weighted by Crippen LogP contribution is -2.14. The molecule has 0 aliphatic heterocycles. The Bertz CT molecular complexity index is 2270. The van der Waals surface area contributed by atoms with Gasteiger partial charge >= 0.3 is 6.01 Å². The number of aryl methyl sites for hydroxylation is 4. The molecule has 0 saturated heterocycles. The van der Waals surface area contributed by atoms with Crippen LogP contribution in [0.2, 0.25) is 10.4 Å². The Kier molecular flexibility index (Phi) is 10.6. The summed E-state index contributed by atoms with van der Waals surface area (Å²) in [7, 11) is 3.04. The zero-order chi connectivity index (χ0) is 36.3. The minimum Gasteiger partial charge on any atom is -0.433 e. The zero-order valence-corrected chi connectivity index (χ0v) is 28.0. The molecule has 0 N–H and O–H groups in total. The van der Waals surface area contributed by atoms with Gasteiger partial charge in [0.15, 0.2) is 34.1 Å². The van der Waals surface area contributed by atoms with E-state index in [1.54, 1.807) is 26.0 Å². The third kappa shape index (κ3) is 7.82. The first-order valence-corrected chi connectivity index (χ1v) is 15.1. The third-order valence-electron chi connectivity index (χ3n) is 7.02. The van der Waals surface area contributed by atoms with Crippen molar-refractivity contribution in [2.45, 2.75) is 13.8 Å². The smallest absolute Gasteiger partial charge is 0.324 e. The third-order valence-corrected chi connectivity index (χ3v) is 7.44. The van der Waals surface area contributed by atoms with E-state index in [4.69, 9.17) is 32.7 Å². The predicted molar refractivity (Wildman–Crippen MR) is 178 cm³/mol. The summed E-state index contributed by atoms with van der Waals surface area (Å²) in [6.45, 7) is 3.27. The molecule has 2 aromatic carbocycles. The van der Waals surface area contributed by atoms with Gasteiger partial charge in [0.05, 0.1) is 0 Å². The van der Waals surface area contributed by atoms with E-state index in [1.165, 1.54) is 84.2 Å². The molecule has 256 valence electrons. The lowest BCUT2D eigenvalue weighted by atomic mass is 10.2. The highest BCUT2D eigenvalue weighted by Crippen LogP contribution is 2.33. The van der Waals surface area contributed by atoms with E-state index in [9.17, 15) is 27.2 Å². The first kappa shape index (κ1) is 35.7. The average molecular weight is 728 g/mol. The molecule has 16 heteroatoms. The number of aromatic nitrogens is 6. The van der Waals surface area contributed by atoms with Crippen molar-refractivity contribution in [2.24, 2.45) is 14.1 Å². The van der Waals surface area contributed by atoms with Gasteiger partial charge in [-0.15, -0.1) is 0 Å². The Balaban J connectivity index is 0.000000194. The summed E-state index contributed by atoms with van der Waals surface area (Å²) in [5.41, 5.74) is 0.772. The second-order valence-corrected chi connectivity index (χ2v) is 11.3. The summed E-state index contributed by atoms with van der Waals surface area (Å²) in [5, 5.41) is -0.739. The Labute approximate surface area is 291 Å². The molecule has 6 aromatic rings. The molecule has 0 bridgehead atoms. The van der Waals surface area contributed by atoms with Crippen molar-refractivity contribution in [2.75, 3.05) is 0 Å². The van der Waals surface area contributed by atoms with Gasteiger partial charge < -0.3 is 18.6 Å². The second-order valence-electron chi connectivity index (χ2n) is 10.6. The van der Waals surface area contributed by atoms with Crippen molar-refractivity contribution >= 4 is 23.2 Å². The molecule has 0 radical (unpaired) electrons. The lowest BCUT2D eigenvalue weighted by molar-refractivity contribution is 0.394.